The molecule has 0 amide bonds. The lowest BCUT2D eigenvalue weighted by atomic mass is 10.1. The first-order valence-electron chi connectivity index (χ1n) is 4.67. The van der Waals surface area contributed by atoms with E-state index < -0.39 is 5.97 Å². The lowest BCUT2D eigenvalue weighted by molar-refractivity contribution is -0.137. The van der Waals surface area contributed by atoms with Gasteiger partial charge < -0.3 is 5.11 Å². The molecule has 0 aliphatic rings. The quantitative estimate of drug-likeness (QED) is 0.915. The van der Waals surface area contributed by atoms with Gasteiger partial charge in [0.1, 0.15) is 5.82 Å². The maximum absolute atomic E-state index is 13.2. The van der Waals surface area contributed by atoms with Crippen LogP contribution in [0.5, 0.6) is 0 Å². The lowest BCUT2D eigenvalue weighted by Crippen LogP contribution is -1.97. The standard InChI is InChI=1S/C11H12BrFO2/c1-7-5-8(3-2-4-10(14)15)6-9(12)11(7)13/h5-6H,2-4H2,1H3,(H,14,15). The average Bonchev–Trinajstić information content (AvgIpc) is 2.13. The first-order valence-corrected chi connectivity index (χ1v) is 5.46. The van der Waals surface area contributed by atoms with E-state index in [0.29, 0.717) is 22.9 Å². The molecule has 1 aromatic carbocycles. The minimum atomic E-state index is -0.798. The highest BCUT2D eigenvalue weighted by atomic mass is 79.9. The van der Waals surface area contributed by atoms with Crippen molar-refractivity contribution in [1.29, 1.82) is 0 Å². The lowest BCUT2D eigenvalue weighted by Gasteiger charge is -2.04. The van der Waals surface area contributed by atoms with E-state index in [1.54, 1.807) is 19.1 Å². The predicted molar refractivity (Wildman–Crippen MR) is 59.4 cm³/mol. The number of aliphatic carboxylic acids is 1. The molecule has 0 spiro atoms. The van der Waals surface area contributed by atoms with Crippen molar-refractivity contribution in [1.82, 2.24) is 0 Å². The van der Waals surface area contributed by atoms with Gasteiger partial charge in [0, 0.05) is 6.42 Å². The summed E-state index contributed by atoms with van der Waals surface area (Å²) in [5.41, 5.74) is 1.54. The minimum Gasteiger partial charge on any atom is -0.481 e. The van der Waals surface area contributed by atoms with E-state index in [1.807, 2.05) is 0 Å². The molecule has 0 heterocycles. The van der Waals surface area contributed by atoms with Crippen LogP contribution in [-0.2, 0) is 11.2 Å². The van der Waals surface area contributed by atoms with E-state index in [2.05, 4.69) is 15.9 Å². The number of hydrogen-bond donors (Lipinski definition) is 1. The Labute approximate surface area is 96.2 Å². The van der Waals surface area contributed by atoms with Crippen molar-refractivity contribution in [3.63, 3.8) is 0 Å². The van der Waals surface area contributed by atoms with E-state index in [9.17, 15) is 9.18 Å². The zero-order valence-electron chi connectivity index (χ0n) is 8.39. The molecule has 0 bridgehead atoms. The Morgan fingerprint density at radius 3 is 2.73 bits per heavy atom. The second-order valence-electron chi connectivity index (χ2n) is 3.46. The molecule has 0 aliphatic heterocycles. The molecule has 1 rings (SSSR count). The Kier molecular flexibility index (Phi) is 4.27. The molecular formula is C11H12BrFO2. The number of halogens is 2. The Bertz CT molecular complexity index is 354. The smallest absolute Gasteiger partial charge is 0.303 e. The summed E-state index contributed by atoms with van der Waals surface area (Å²) in [6, 6.07) is 3.45. The minimum absolute atomic E-state index is 0.147. The normalized spacial score (nSPS) is 10.3. The van der Waals surface area contributed by atoms with Gasteiger partial charge in [0.25, 0.3) is 0 Å². The van der Waals surface area contributed by atoms with Crippen molar-refractivity contribution in [2.75, 3.05) is 0 Å². The van der Waals surface area contributed by atoms with E-state index in [0.717, 1.165) is 5.56 Å². The van der Waals surface area contributed by atoms with Crippen molar-refractivity contribution in [2.24, 2.45) is 0 Å². The summed E-state index contributed by atoms with van der Waals surface area (Å²) in [4.78, 5) is 10.3. The Hall–Kier alpha value is -0.900. The van der Waals surface area contributed by atoms with Crippen LogP contribution in [0.2, 0.25) is 0 Å². The third kappa shape index (κ3) is 3.63. The highest BCUT2D eigenvalue weighted by molar-refractivity contribution is 9.10. The van der Waals surface area contributed by atoms with Crippen LogP contribution in [0.15, 0.2) is 16.6 Å². The predicted octanol–water partition coefficient (Wildman–Crippen LogP) is 3.30. The molecule has 0 fully saturated rings. The number of carbonyl (C=O) groups is 1. The highest BCUT2D eigenvalue weighted by Crippen LogP contribution is 2.21. The molecule has 0 radical (unpaired) electrons. The van der Waals surface area contributed by atoms with Crippen molar-refractivity contribution in [3.05, 3.63) is 33.5 Å². The number of carboxylic acids is 1. The van der Waals surface area contributed by atoms with Crippen LogP contribution in [0.4, 0.5) is 4.39 Å². The van der Waals surface area contributed by atoms with Crippen molar-refractivity contribution in [3.8, 4) is 0 Å². The molecular weight excluding hydrogens is 263 g/mol. The van der Waals surface area contributed by atoms with Crippen molar-refractivity contribution < 1.29 is 14.3 Å². The van der Waals surface area contributed by atoms with Gasteiger partial charge in [-0.1, -0.05) is 6.07 Å². The van der Waals surface area contributed by atoms with Crippen LogP contribution in [0, 0.1) is 12.7 Å². The molecule has 15 heavy (non-hydrogen) atoms. The number of rotatable bonds is 4. The van der Waals surface area contributed by atoms with Gasteiger partial charge >= 0.3 is 5.97 Å². The maximum atomic E-state index is 13.2. The van der Waals surface area contributed by atoms with Crippen molar-refractivity contribution in [2.45, 2.75) is 26.2 Å². The zero-order valence-corrected chi connectivity index (χ0v) is 9.97. The van der Waals surface area contributed by atoms with Gasteiger partial charge in [-0.3, -0.25) is 4.79 Å². The summed E-state index contributed by atoms with van der Waals surface area (Å²) in [6.07, 6.45) is 1.38. The zero-order chi connectivity index (χ0) is 11.4. The van der Waals surface area contributed by atoms with Gasteiger partial charge in [-0.05, 0) is 52.9 Å². The third-order valence-corrected chi connectivity index (χ3v) is 2.70. The molecule has 0 aliphatic carbocycles. The van der Waals surface area contributed by atoms with Crippen LogP contribution in [0.1, 0.15) is 24.0 Å². The fraction of sp³-hybridized carbons (Fsp3) is 0.364. The SMILES string of the molecule is Cc1cc(CCCC(=O)O)cc(Br)c1F. The Morgan fingerprint density at radius 2 is 2.20 bits per heavy atom. The second-order valence-corrected chi connectivity index (χ2v) is 4.31. The van der Waals surface area contributed by atoms with E-state index in [-0.39, 0.29) is 12.2 Å². The van der Waals surface area contributed by atoms with Crippen LogP contribution in [-0.4, -0.2) is 11.1 Å². The Morgan fingerprint density at radius 1 is 1.53 bits per heavy atom. The molecule has 1 aromatic rings. The molecule has 0 saturated heterocycles. The molecule has 0 saturated carbocycles. The van der Waals surface area contributed by atoms with E-state index >= 15 is 0 Å². The maximum Gasteiger partial charge on any atom is 0.303 e. The second kappa shape index (κ2) is 5.26. The van der Waals surface area contributed by atoms with Gasteiger partial charge in [-0.15, -0.1) is 0 Å². The van der Waals surface area contributed by atoms with Crippen LogP contribution >= 0.6 is 15.9 Å². The first kappa shape index (κ1) is 12.2. The van der Waals surface area contributed by atoms with E-state index in [4.69, 9.17) is 5.11 Å². The molecule has 4 heteroatoms. The Balaban J connectivity index is 2.66. The monoisotopic (exact) mass is 274 g/mol. The van der Waals surface area contributed by atoms with Gasteiger partial charge in [-0.25, -0.2) is 4.39 Å². The molecule has 1 N–H and O–H groups in total. The summed E-state index contributed by atoms with van der Waals surface area (Å²) in [5.74, 6) is -1.05. The summed E-state index contributed by atoms with van der Waals surface area (Å²) < 4.78 is 13.7. The molecule has 82 valence electrons. The summed E-state index contributed by atoms with van der Waals surface area (Å²) >= 11 is 3.13. The largest absolute Gasteiger partial charge is 0.481 e. The van der Waals surface area contributed by atoms with E-state index in [1.165, 1.54) is 0 Å². The first-order chi connectivity index (χ1) is 7.00. The van der Waals surface area contributed by atoms with Gasteiger partial charge in [0.15, 0.2) is 0 Å². The van der Waals surface area contributed by atoms with Crippen LogP contribution < -0.4 is 0 Å². The molecule has 0 atom stereocenters. The third-order valence-electron chi connectivity index (χ3n) is 2.13. The van der Waals surface area contributed by atoms with Gasteiger partial charge in [-0.2, -0.15) is 0 Å². The number of aryl methyl sites for hydroxylation is 2. The molecule has 0 aromatic heterocycles. The van der Waals surface area contributed by atoms with Crippen LogP contribution in [0.25, 0.3) is 0 Å². The van der Waals surface area contributed by atoms with Crippen molar-refractivity contribution >= 4 is 21.9 Å². The van der Waals surface area contributed by atoms with Gasteiger partial charge in [0.05, 0.1) is 4.47 Å². The van der Waals surface area contributed by atoms with Crippen LogP contribution in [0.3, 0.4) is 0 Å². The highest BCUT2D eigenvalue weighted by Gasteiger charge is 2.06. The summed E-state index contributed by atoms with van der Waals surface area (Å²) in [5, 5.41) is 8.48. The topological polar surface area (TPSA) is 37.3 Å². The van der Waals surface area contributed by atoms with Gasteiger partial charge in [0.2, 0.25) is 0 Å². The average molecular weight is 275 g/mol. The molecule has 0 unspecified atom stereocenters. The fourth-order valence-electron chi connectivity index (χ4n) is 1.39. The number of hydrogen-bond acceptors (Lipinski definition) is 1. The number of benzene rings is 1. The fourth-order valence-corrected chi connectivity index (χ4v) is 1.99. The molecule has 2 nitrogen and oxygen atoms in total. The summed E-state index contributed by atoms with van der Waals surface area (Å²) in [6.45, 7) is 1.70. The number of carboxylic acid groups (broad SMARTS) is 1. The summed E-state index contributed by atoms with van der Waals surface area (Å²) in [7, 11) is 0.